The molecule has 1 heterocycles. The average Bonchev–Trinajstić information content (AvgIpc) is 2.74. The van der Waals surface area contributed by atoms with Crippen molar-refractivity contribution in [3.05, 3.63) is 59.7 Å². The number of ether oxygens (including phenoxy) is 1. The first-order valence-electron chi connectivity index (χ1n) is 9.21. The van der Waals surface area contributed by atoms with Crippen molar-refractivity contribution in [3.63, 3.8) is 0 Å². The second kappa shape index (κ2) is 9.36. The maximum Gasteiger partial charge on any atom is 0.573 e. The first kappa shape index (κ1) is 22.6. The van der Waals surface area contributed by atoms with Crippen LogP contribution in [0, 0.1) is 11.3 Å². The van der Waals surface area contributed by atoms with Crippen molar-refractivity contribution in [2.24, 2.45) is 5.16 Å². The van der Waals surface area contributed by atoms with Crippen molar-refractivity contribution in [1.82, 2.24) is 4.31 Å². The molecule has 1 aliphatic rings. The number of hydrogen-bond donors (Lipinski definition) is 0. The summed E-state index contributed by atoms with van der Waals surface area (Å²) in [6.45, 7) is 0.460. The van der Waals surface area contributed by atoms with Crippen LogP contribution in [-0.4, -0.2) is 37.9 Å². The molecule has 3 rings (SSSR count). The molecule has 0 spiro atoms. The maximum atomic E-state index is 12.7. The third-order valence-electron chi connectivity index (χ3n) is 4.55. The number of benzene rings is 2. The van der Waals surface area contributed by atoms with Crippen LogP contribution in [0.2, 0.25) is 0 Å². The highest BCUT2D eigenvalue weighted by Crippen LogP contribution is 2.26. The van der Waals surface area contributed by atoms with Gasteiger partial charge < -0.3 is 9.57 Å². The number of hydrogen-bond acceptors (Lipinski definition) is 6. The van der Waals surface area contributed by atoms with Crippen molar-refractivity contribution in [1.29, 1.82) is 5.26 Å². The van der Waals surface area contributed by atoms with Crippen molar-refractivity contribution >= 4 is 15.7 Å². The van der Waals surface area contributed by atoms with E-state index in [2.05, 4.69) is 16.0 Å². The molecule has 0 saturated carbocycles. The normalized spacial score (nSPS) is 15.2. The number of oxime groups is 1. The van der Waals surface area contributed by atoms with Crippen molar-refractivity contribution < 1.29 is 31.2 Å². The number of alkyl halides is 3. The highest BCUT2D eigenvalue weighted by molar-refractivity contribution is 7.89. The Kier molecular flexibility index (Phi) is 6.82. The lowest BCUT2D eigenvalue weighted by Gasteiger charge is -2.26. The SMILES string of the molecule is N#Cc1ccccc1CON=C1CCN(S(=O)(=O)c2ccc(OC(F)(F)F)cc2)CC1. The van der Waals surface area contributed by atoms with E-state index < -0.39 is 22.1 Å². The van der Waals surface area contributed by atoms with E-state index in [0.29, 0.717) is 29.7 Å². The molecule has 1 fully saturated rings. The molecule has 0 aromatic heterocycles. The lowest BCUT2D eigenvalue weighted by Crippen LogP contribution is -2.38. The fraction of sp³-hybridized carbons (Fsp3) is 0.300. The van der Waals surface area contributed by atoms with E-state index in [9.17, 15) is 21.6 Å². The van der Waals surface area contributed by atoms with Crippen molar-refractivity contribution in [3.8, 4) is 11.8 Å². The van der Waals surface area contributed by atoms with Gasteiger partial charge in [-0.25, -0.2) is 8.42 Å². The third kappa shape index (κ3) is 5.96. The Morgan fingerprint density at radius 1 is 1.06 bits per heavy atom. The topological polar surface area (TPSA) is 92.0 Å². The second-order valence-electron chi connectivity index (χ2n) is 6.62. The summed E-state index contributed by atoms with van der Waals surface area (Å²) in [4.78, 5) is 5.20. The Morgan fingerprint density at radius 2 is 1.71 bits per heavy atom. The van der Waals surface area contributed by atoms with Crippen LogP contribution in [0.1, 0.15) is 24.0 Å². The Bertz CT molecular complexity index is 1080. The highest BCUT2D eigenvalue weighted by atomic mass is 32.2. The molecule has 0 aliphatic carbocycles. The van der Waals surface area contributed by atoms with Gasteiger partial charge in [0.25, 0.3) is 0 Å². The monoisotopic (exact) mass is 453 g/mol. The molecule has 1 aliphatic heterocycles. The number of rotatable bonds is 6. The number of sulfonamides is 1. The van der Waals surface area contributed by atoms with Gasteiger partial charge in [-0.15, -0.1) is 13.2 Å². The van der Waals surface area contributed by atoms with E-state index in [1.54, 1.807) is 24.3 Å². The van der Waals surface area contributed by atoms with Gasteiger partial charge in [0.2, 0.25) is 10.0 Å². The van der Waals surface area contributed by atoms with Crippen LogP contribution in [0.4, 0.5) is 13.2 Å². The summed E-state index contributed by atoms with van der Waals surface area (Å²) in [5, 5.41) is 13.1. The van der Waals surface area contributed by atoms with Gasteiger partial charge in [-0.2, -0.15) is 9.57 Å². The lowest BCUT2D eigenvalue weighted by atomic mass is 10.1. The minimum absolute atomic E-state index is 0.119. The lowest BCUT2D eigenvalue weighted by molar-refractivity contribution is -0.274. The van der Waals surface area contributed by atoms with Gasteiger partial charge in [-0.3, -0.25) is 0 Å². The summed E-state index contributed by atoms with van der Waals surface area (Å²) in [5.41, 5.74) is 1.89. The quantitative estimate of drug-likeness (QED) is 0.620. The van der Waals surface area contributed by atoms with Gasteiger partial charge in [-0.1, -0.05) is 23.4 Å². The van der Waals surface area contributed by atoms with E-state index in [-0.39, 0.29) is 24.6 Å². The van der Waals surface area contributed by atoms with E-state index in [1.807, 2.05) is 0 Å². The Morgan fingerprint density at radius 3 is 2.32 bits per heavy atom. The zero-order chi connectivity index (χ0) is 22.5. The first-order chi connectivity index (χ1) is 14.7. The Labute approximate surface area is 177 Å². The van der Waals surface area contributed by atoms with Crippen molar-refractivity contribution in [2.45, 2.75) is 30.7 Å². The summed E-state index contributed by atoms with van der Waals surface area (Å²) >= 11 is 0. The molecule has 0 atom stereocenters. The molecule has 31 heavy (non-hydrogen) atoms. The summed E-state index contributed by atoms with van der Waals surface area (Å²) in [6, 6.07) is 13.1. The van der Waals surface area contributed by atoms with Crippen LogP contribution in [0.5, 0.6) is 5.75 Å². The summed E-state index contributed by atoms with van der Waals surface area (Å²) in [6.07, 6.45) is -4.13. The summed E-state index contributed by atoms with van der Waals surface area (Å²) < 4.78 is 67.2. The second-order valence-corrected chi connectivity index (χ2v) is 8.56. The fourth-order valence-electron chi connectivity index (χ4n) is 2.99. The molecule has 164 valence electrons. The number of nitriles is 1. The van der Waals surface area contributed by atoms with Crippen LogP contribution in [0.15, 0.2) is 58.6 Å². The van der Waals surface area contributed by atoms with Gasteiger partial charge in [0.05, 0.1) is 22.2 Å². The van der Waals surface area contributed by atoms with E-state index in [1.165, 1.54) is 4.31 Å². The Hall–Kier alpha value is -3.10. The minimum Gasteiger partial charge on any atom is -0.406 e. The predicted molar refractivity (Wildman–Crippen MR) is 104 cm³/mol. The van der Waals surface area contributed by atoms with Crippen LogP contribution in [0.25, 0.3) is 0 Å². The number of piperidine rings is 1. The van der Waals surface area contributed by atoms with E-state index in [0.717, 1.165) is 24.3 Å². The molecule has 11 heteroatoms. The van der Waals surface area contributed by atoms with E-state index >= 15 is 0 Å². The largest absolute Gasteiger partial charge is 0.573 e. The highest BCUT2D eigenvalue weighted by Gasteiger charge is 2.32. The van der Waals surface area contributed by atoms with Crippen molar-refractivity contribution in [2.75, 3.05) is 13.1 Å². The van der Waals surface area contributed by atoms with Gasteiger partial charge in [0.1, 0.15) is 12.4 Å². The summed E-state index contributed by atoms with van der Waals surface area (Å²) in [5.74, 6) is -0.491. The minimum atomic E-state index is -4.85. The van der Waals surface area contributed by atoms with Crippen LogP contribution in [-0.2, 0) is 21.5 Å². The van der Waals surface area contributed by atoms with Crippen LogP contribution >= 0.6 is 0 Å². The summed E-state index contributed by atoms with van der Waals surface area (Å²) in [7, 11) is -3.85. The van der Waals surface area contributed by atoms with Gasteiger partial charge >= 0.3 is 6.36 Å². The molecule has 0 unspecified atom stereocenters. The first-order valence-corrected chi connectivity index (χ1v) is 10.6. The maximum absolute atomic E-state index is 12.7. The van der Waals surface area contributed by atoms with Gasteiger partial charge in [0.15, 0.2) is 0 Å². The molecule has 0 amide bonds. The predicted octanol–water partition coefficient (Wildman–Crippen LogP) is 3.81. The number of halogens is 3. The fourth-order valence-corrected chi connectivity index (χ4v) is 4.43. The molecule has 2 aromatic carbocycles. The number of nitrogens with zero attached hydrogens (tertiary/aromatic N) is 3. The average molecular weight is 453 g/mol. The molecule has 7 nitrogen and oxygen atoms in total. The standard InChI is InChI=1S/C20H18F3N3O4S/c21-20(22,23)30-18-5-7-19(8-6-18)31(27,28)26-11-9-17(10-12-26)25-29-14-16-4-2-1-3-15(16)13-24/h1-8H,9-12,14H2. The van der Waals surface area contributed by atoms with Crippen LogP contribution < -0.4 is 4.74 Å². The molecule has 2 aromatic rings. The smallest absolute Gasteiger partial charge is 0.406 e. The third-order valence-corrected chi connectivity index (χ3v) is 6.46. The van der Waals surface area contributed by atoms with Crippen LogP contribution in [0.3, 0.4) is 0 Å². The molecule has 0 N–H and O–H groups in total. The Balaban J connectivity index is 1.57. The van der Waals surface area contributed by atoms with Gasteiger partial charge in [-0.05, 0) is 30.3 Å². The molecule has 0 bridgehead atoms. The molecule has 1 saturated heterocycles. The molecular formula is C20H18F3N3O4S. The van der Waals surface area contributed by atoms with Gasteiger partial charge in [0, 0.05) is 31.5 Å². The molecule has 0 radical (unpaired) electrons. The zero-order valence-corrected chi connectivity index (χ0v) is 17.0. The van der Waals surface area contributed by atoms with E-state index in [4.69, 9.17) is 10.1 Å². The molecular weight excluding hydrogens is 435 g/mol. The zero-order valence-electron chi connectivity index (χ0n) is 16.2.